The van der Waals surface area contributed by atoms with Crippen LogP contribution in [0.25, 0.3) is 10.8 Å². The van der Waals surface area contributed by atoms with E-state index in [2.05, 4.69) is 26.3 Å². The molecule has 0 aliphatic rings. The van der Waals surface area contributed by atoms with Gasteiger partial charge in [-0.25, -0.2) is 4.98 Å². The number of nitrogens with one attached hydrogen (secondary N) is 1. The Kier molecular flexibility index (Phi) is 4.71. The van der Waals surface area contributed by atoms with E-state index in [1.807, 2.05) is 43.3 Å². The van der Waals surface area contributed by atoms with Gasteiger partial charge in [0.1, 0.15) is 11.6 Å². The number of aromatic nitrogens is 3. The third-order valence-electron chi connectivity index (χ3n) is 3.84. The maximum atomic E-state index is 11.4. The van der Waals surface area contributed by atoms with E-state index >= 15 is 0 Å². The molecule has 3 rings (SSSR count). The number of hydrogen-bond donors (Lipinski definition) is 1. The quantitative estimate of drug-likeness (QED) is 0.754. The standard InChI is InChI=1S/C18H17ClN4O/c1-11(12(2)24)9-16-21-17(19)23-18(22-16)20-15-8-7-13-5-3-4-6-14(13)10-15/h3-8,10-11H,9H2,1-2H3,(H,20,21,22,23). The summed E-state index contributed by atoms with van der Waals surface area (Å²) in [6.07, 6.45) is 0.434. The van der Waals surface area contributed by atoms with E-state index in [4.69, 9.17) is 11.6 Å². The molecule has 0 saturated carbocycles. The molecule has 24 heavy (non-hydrogen) atoms. The fraction of sp³-hybridized carbons (Fsp3) is 0.222. The molecule has 0 spiro atoms. The lowest BCUT2D eigenvalue weighted by Crippen LogP contribution is -2.13. The van der Waals surface area contributed by atoms with Crippen LogP contribution in [0.3, 0.4) is 0 Å². The Bertz CT molecular complexity index is 897. The molecule has 1 atom stereocenters. The molecule has 5 nitrogen and oxygen atoms in total. The predicted molar refractivity (Wildman–Crippen MR) is 95.6 cm³/mol. The van der Waals surface area contributed by atoms with E-state index in [9.17, 15) is 4.79 Å². The molecule has 0 fully saturated rings. The fourth-order valence-electron chi connectivity index (χ4n) is 2.35. The van der Waals surface area contributed by atoms with E-state index < -0.39 is 0 Å². The number of anilines is 2. The van der Waals surface area contributed by atoms with Crippen molar-refractivity contribution in [1.82, 2.24) is 15.0 Å². The van der Waals surface area contributed by atoms with Gasteiger partial charge < -0.3 is 5.32 Å². The Balaban J connectivity index is 1.85. The molecule has 0 amide bonds. The topological polar surface area (TPSA) is 67.8 Å². The first-order valence-corrected chi connectivity index (χ1v) is 8.06. The van der Waals surface area contributed by atoms with Crippen molar-refractivity contribution in [3.8, 4) is 0 Å². The van der Waals surface area contributed by atoms with E-state index in [-0.39, 0.29) is 17.0 Å². The third-order valence-corrected chi connectivity index (χ3v) is 4.01. The zero-order valence-corrected chi connectivity index (χ0v) is 14.2. The summed E-state index contributed by atoms with van der Waals surface area (Å²) in [4.78, 5) is 24.0. The van der Waals surface area contributed by atoms with Crippen LogP contribution in [-0.2, 0) is 11.2 Å². The average Bonchev–Trinajstić information content (AvgIpc) is 2.54. The zero-order chi connectivity index (χ0) is 17.1. The highest BCUT2D eigenvalue weighted by molar-refractivity contribution is 6.28. The molecule has 0 saturated heterocycles. The van der Waals surface area contributed by atoms with Gasteiger partial charge in [-0.3, -0.25) is 4.79 Å². The first-order chi connectivity index (χ1) is 11.5. The molecule has 1 aromatic heterocycles. The van der Waals surface area contributed by atoms with Crippen LogP contribution in [0.5, 0.6) is 0 Å². The van der Waals surface area contributed by atoms with Gasteiger partial charge in [-0.2, -0.15) is 9.97 Å². The van der Waals surface area contributed by atoms with Crippen LogP contribution >= 0.6 is 11.6 Å². The molecule has 3 aromatic rings. The van der Waals surface area contributed by atoms with Crippen molar-refractivity contribution in [2.24, 2.45) is 5.92 Å². The summed E-state index contributed by atoms with van der Waals surface area (Å²) in [5.41, 5.74) is 0.863. The molecular formula is C18H17ClN4O. The van der Waals surface area contributed by atoms with Crippen molar-refractivity contribution in [1.29, 1.82) is 0 Å². The highest BCUT2D eigenvalue weighted by atomic mass is 35.5. The van der Waals surface area contributed by atoms with Crippen molar-refractivity contribution in [3.63, 3.8) is 0 Å². The van der Waals surface area contributed by atoms with Crippen LogP contribution in [0.15, 0.2) is 42.5 Å². The lowest BCUT2D eigenvalue weighted by molar-refractivity contribution is -0.120. The van der Waals surface area contributed by atoms with Gasteiger partial charge in [-0.1, -0.05) is 37.3 Å². The molecule has 6 heteroatoms. The van der Waals surface area contributed by atoms with Gasteiger partial charge in [0.05, 0.1) is 0 Å². The first-order valence-electron chi connectivity index (χ1n) is 7.68. The number of carbonyl (C=O) groups is 1. The van der Waals surface area contributed by atoms with Gasteiger partial charge in [0.25, 0.3) is 0 Å². The minimum absolute atomic E-state index is 0.0931. The van der Waals surface area contributed by atoms with Gasteiger partial charge in [0, 0.05) is 18.0 Å². The maximum absolute atomic E-state index is 11.4. The number of nitrogens with zero attached hydrogens (tertiary/aromatic N) is 3. The normalized spacial score (nSPS) is 12.1. The Hall–Kier alpha value is -2.53. The van der Waals surface area contributed by atoms with Crippen LogP contribution in [-0.4, -0.2) is 20.7 Å². The van der Waals surface area contributed by atoms with E-state index in [1.165, 1.54) is 0 Å². The maximum Gasteiger partial charge on any atom is 0.231 e. The Morgan fingerprint density at radius 1 is 1.12 bits per heavy atom. The van der Waals surface area contributed by atoms with E-state index in [0.717, 1.165) is 16.5 Å². The second-order valence-corrected chi connectivity index (χ2v) is 6.09. The van der Waals surface area contributed by atoms with Crippen molar-refractivity contribution >= 4 is 39.8 Å². The SMILES string of the molecule is CC(=O)C(C)Cc1nc(Cl)nc(Nc2ccc3ccccc3c2)n1. The van der Waals surface area contributed by atoms with E-state index in [1.54, 1.807) is 6.92 Å². The van der Waals surface area contributed by atoms with Gasteiger partial charge in [0.2, 0.25) is 11.2 Å². The minimum atomic E-state index is -0.156. The molecule has 2 aromatic carbocycles. The molecule has 0 aliphatic heterocycles. The number of rotatable bonds is 5. The summed E-state index contributed by atoms with van der Waals surface area (Å²) >= 11 is 5.99. The molecule has 0 radical (unpaired) electrons. The lowest BCUT2D eigenvalue weighted by Gasteiger charge is -2.10. The van der Waals surface area contributed by atoms with Crippen LogP contribution in [0.2, 0.25) is 5.28 Å². The fourth-order valence-corrected chi connectivity index (χ4v) is 2.53. The zero-order valence-electron chi connectivity index (χ0n) is 13.5. The second kappa shape index (κ2) is 6.93. The van der Waals surface area contributed by atoms with Crippen LogP contribution < -0.4 is 5.32 Å². The molecule has 1 N–H and O–H groups in total. The molecule has 122 valence electrons. The van der Waals surface area contributed by atoms with Crippen LogP contribution in [0.1, 0.15) is 19.7 Å². The van der Waals surface area contributed by atoms with Crippen LogP contribution in [0, 0.1) is 5.92 Å². The monoisotopic (exact) mass is 340 g/mol. The van der Waals surface area contributed by atoms with Crippen molar-refractivity contribution < 1.29 is 4.79 Å². The smallest absolute Gasteiger partial charge is 0.231 e. The van der Waals surface area contributed by atoms with Crippen LogP contribution in [0.4, 0.5) is 11.6 Å². The summed E-state index contributed by atoms with van der Waals surface area (Å²) in [5, 5.41) is 5.54. The largest absolute Gasteiger partial charge is 0.324 e. The Morgan fingerprint density at radius 3 is 2.62 bits per heavy atom. The summed E-state index contributed by atoms with van der Waals surface area (Å²) in [7, 11) is 0. The Labute approximate surface area is 145 Å². The van der Waals surface area contributed by atoms with Gasteiger partial charge in [-0.05, 0) is 41.4 Å². The second-order valence-electron chi connectivity index (χ2n) is 5.75. The van der Waals surface area contributed by atoms with E-state index in [0.29, 0.717) is 18.2 Å². The number of fused-ring (bicyclic) bond motifs is 1. The number of halogens is 1. The van der Waals surface area contributed by atoms with Crippen molar-refractivity contribution in [3.05, 3.63) is 53.6 Å². The number of ketones is 1. The number of benzene rings is 2. The summed E-state index contributed by atoms with van der Waals surface area (Å²) in [6.45, 7) is 3.40. The Morgan fingerprint density at radius 2 is 1.88 bits per heavy atom. The first kappa shape index (κ1) is 16.3. The summed E-state index contributed by atoms with van der Waals surface area (Å²) in [5.74, 6) is 0.810. The molecular weight excluding hydrogens is 324 g/mol. The number of carbonyl (C=O) groups excluding carboxylic acids is 1. The highest BCUT2D eigenvalue weighted by Crippen LogP contribution is 2.21. The van der Waals surface area contributed by atoms with Crippen molar-refractivity contribution in [2.45, 2.75) is 20.3 Å². The predicted octanol–water partition coefficient (Wildman–Crippen LogP) is 4.19. The highest BCUT2D eigenvalue weighted by Gasteiger charge is 2.13. The summed E-state index contributed by atoms with van der Waals surface area (Å²) in [6, 6.07) is 14.1. The minimum Gasteiger partial charge on any atom is -0.324 e. The molecule has 1 heterocycles. The molecule has 0 bridgehead atoms. The summed E-state index contributed by atoms with van der Waals surface area (Å²) < 4.78 is 0. The number of Topliss-reactive ketones (excluding diaryl/α,β-unsaturated/α-hetero) is 1. The lowest BCUT2D eigenvalue weighted by atomic mass is 10.0. The molecule has 1 unspecified atom stereocenters. The van der Waals surface area contributed by atoms with Crippen molar-refractivity contribution in [2.75, 3.05) is 5.32 Å². The van der Waals surface area contributed by atoms with Gasteiger partial charge in [0.15, 0.2) is 0 Å². The van der Waals surface area contributed by atoms with Gasteiger partial charge >= 0.3 is 0 Å². The number of hydrogen-bond acceptors (Lipinski definition) is 5. The average molecular weight is 341 g/mol. The van der Waals surface area contributed by atoms with Gasteiger partial charge in [-0.15, -0.1) is 0 Å². The third kappa shape index (κ3) is 3.86. The molecule has 0 aliphatic carbocycles.